The molecule has 138 valence electrons. The number of hydrogen-bond acceptors (Lipinski definition) is 6. The van der Waals surface area contributed by atoms with Gasteiger partial charge in [0.05, 0.1) is 24.7 Å². The van der Waals surface area contributed by atoms with Crippen LogP contribution in [-0.2, 0) is 19.0 Å². The molecule has 0 spiro atoms. The highest BCUT2D eigenvalue weighted by molar-refractivity contribution is 7.86. The third-order valence-electron chi connectivity index (χ3n) is 3.91. The Balaban J connectivity index is 1.45. The van der Waals surface area contributed by atoms with Gasteiger partial charge in [-0.1, -0.05) is 23.8 Å². The minimum absolute atomic E-state index is 0.0723. The molecule has 0 fully saturated rings. The van der Waals surface area contributed by atoms with Gasteiger partial charge in [-0.15, -0.1) is 11.3 Å². The first-order chi connectivity index (χ1) is 12.5. The van der Waals surface area contributed by atoms with Crippen LogP contribution in [0.15, 0.2) is 58.8 Å². The molecular formula is C19H20O5S2. The van der Waals surface area contributed by atoms with Crippen LogP contribution in [0.1, 0.15) is 17.2 Å². The van der Waals surface area contributed by atoms with Crippen molar-refractivity contribution < 1.29 is 22.4 Å². The molecule has 0 saturated heterocycles. The summed E-state index contributed by atoms with van der Waals surface area (Å²) in [6, 6.07) is 14.2. The summed E-state index contributed by atoms with van der Waals surface area (Å²) in [5.74, 6) is 0. The van der Waals surface area contributed by atoms with Gasteiger partial charge in [0.15, 0.2) is 0 Å². The first kappa shape index (κ1) is 19.0. The first-order valence-corrected chi connectivity index (χ1v) is 10.4. The fourth-order valence-corrected chi connectivity index (χ4v) is 4.12. The predicted molar refractivity (Wildman–Crippen MR) is 102 cm³/mol. The molecule has 1 unspecified atom stereocenters. The van der Waals surface area contributed by atoms with Gasteiger partial charge in [-0.2, -0.15) is 8.42 Å². The van der Waals surface area contributed by atoms with Crippen LogP contribution >= 0.6 is 11.3 Å². The van der Waals surface area contributed by atoms with Gasteiger partial charge in [-0.25, -0.2) is 0 Å². The van der Waals surface area contributed by atoms with Gasteiger partial charge >= 0.3 is 0 Å². The largest absolute Gasteiger partial charge is 0.386 e. The number of thiophene rings is 1. The summed E-state index contributed by atoms with van der Waals surface area (Å²) in [7, 11) is -3.79. The van der Waals surface area contributed by atoms with E-state index in [0.29, 0.717) is 0 Å². The van der Waals surface area contributed by atoms with Crippen LogP contribution in [0.25, 0.3) is 10.1 Å². The molecule has 0 bridgehead atoms. The minimum atomic E-state index is -3.79. The lowest BCUT2D eigenvalue weighted by atomic mass is 10.1. The van der Waals surface area contributed by atoms with Crippen molar-refractivity contribution in [1.82, 2.24) is 0 Å². The number of ether oxygens (including phenoxy) is 1. The Kier molecular flexibility index (Phi) is 6.05. The minimum Gasteiger partial charge on any atom is -0.386 e. The van der Waals surface area contributed by atoms with Gasteiger partial charge in [0.1, 0.15) is 6.10 Å². The Labute approximate surface area is 156 Å². The normalized spacial score (nSPS) is 13.2. The number of rotatable bonds is 8. The summed E-state index contributed by atoms with van der Waals surface area (Å²) in [6.07, 6.45) is -0.770. The standard InChI is InChI=1S/C19H20O5S2/c1-14-2-5-17(6-3-14)26(21,22)24-10-9-23-13-18(20)15-4-7-19-16(12-15)8-11-25-19/h2-8,11-12,18,20H,9-10,13H2,1H3. The molecule has 5 nitrogen and oxygen atoms in total. The Morgan fingerprint density at radius 3 is 2.62 bits per heavy atom. The molecule has 1 N–H and O–H groups in total. The van der Waals surface area contributed by atoms with Crippen molar-refractivity contribution >= 4 is 31.5 Å². The Hall–Kier alpha value is -1.77. The Morgan fingerprint density at radius 1 is 1.08 bits per heavy atom. The summed E-state index contributed by atoms with van der Waals surface area (Å²) < 4.78 is 35.5. The summed E-state index contributed by atoms with van der Waals surface area (Å²) in [5, 5.41) is 13.3. The second-order valence-electron chi connectivity index (χ2n) is 5.90. The summed E-state index contributed by atoms with van der Waals surface area (Å²) in [5.41, 5.74) is 1.74. The molecular weight excluding hydrogens is 372 g/mol. The molecule has 3 aromatic rings. The molecule has 1 aromatic heterocycles. The van der Waals surface area contributed by atoms with Gasteiger partial charge in [0.2, 0.25) is 0 Å². The van der Waals surface area contributed by atoms with E-state index in [4.69, 9.17) is 8.92 Å². The van der Waals surface area contributed by atoms with E-state index in [2.05, 4.69) is 0 Å². The number of fused-ring (bicyclic) bond motifs is 1. The summed E-state index contributed by atoms with van der Waals surface area (Å²) in [6.45, 7) is 1.92. The SMILES string of the molecule is Cc1ccc(S(=O)(=O)OCCOCC(O)c2ccc3sccc3c2)cc1. The topological polar surface area (TPSA) is 72.8 Å². The molecule has 26 heavy (non-hydrogen) atoms. The molecule has 0 aliphatic carbocycles. The Bertz CT molecular complexity index is 961. The van der Waals surface area contributed by atoms with Crippen LogP contribution in [0.4, 0.5) is 0 Å². The van der Waals surface area contributed by atoms with Gasteiger partial charge in [0, 0.05) is 4.70 Å². The highest BCUT2D eigenvalue weighted by Gasteiger charge is 2.15. The number of hydrogen-bond donors (Lipinski definition) is 1. The van der Waals surface area contributed by atoms with Crippen molar-refractivity contribution in [1.29, 1.82) is 0 Å². The van der Waals surface area contributed by atoms with E-state index in [1.807, 2.05) is 36.6 Å². The second kappa shape index (κ2) is 8.28. The van der Waals surface area contributed by atoms with E-state index < -0.39 is 16.2 Å². The maximum Gasteiger partial charge on any atom is 0.297 e. The molecule has 3 rings (SSSR count). The molecule has 1 heterocycles. The zero-order valence-electron chi connectivity index (χ0n) is 14.3. The first-order valence-electron chi connectivity index (χ1n) is 8.15. The van der Waals surface area contributed by atoms with Gasteiger partial charge in [-0.05, 0) is 53.6 Å². The lowest BCUT2D eigenvalue weighted by Crippen LogP contribution is -2.14. The van der Waals surface area contributed by atoms with Crippen LogP contribution in [0, 0.1) is 6.92 Å². The van der Waals surface area contributed by atoms with E-state index in [-0.39, 0.29) is 24.7 Å². The van der Waals surface area contributed by atoms with Gasteiger partial charge in [-0.3, -0.25) is 4.18 Å². The van der Waals surface area contributed by atoms with Gasteiger partial charge in [0.25, 0.3) is 10.1 Å². The predicted octanol–water partition coefficient (Wildman–Crippen LogP) is 3.67. The molecule has 1 atom stereocenters. The molecule has 2 aromatic carbocycles. The maximum atomic E-state index is 12.0. The van der Waals surface area contributed by atoms with Crippen LogP contribution in [0.5, 0.6) is 0 Å². The lowest BCUT2D eigenvalue weighted by Gasteiger charge is -2.12. The van der Waals surface area contributed by atoms with E-state index in [0.717, 1.165) is 21.2 Å². The van der Waals surface area contributed by atoms with Crippen molar-refractivity contribution in [2.24, 2.45) is 0 Å². The molecule has 0 aliphatic heterocycles. The van der Waals surface area contributed by atoms with Gasteiger partial charge < -0.3 is 9.84 Å². The smallest absolute Gasteiger partial charge is 0.297 e. The average molecular weight is 392 g/mol. The van der Waals surface area contributed by atoms with Crippen molar-refractivity contribution in [3.05, 3.63) is 65.0 Å². The highest BCUT2D eigenvalue weighted by atomic mass is 32.2. The summed E-state index contributed by atoms with van der Waals surface area (Å²) in [4.78, 5) is 0.118. The third kappa shape index (κ3) is 4.69. The Morgan fingerprint density at radius 2 is 1.85 bits per heavy atom. The van der Waals surface area contributed by atoms with Crippen molar-refractivity contribution in [2.45, 2.75) is 17.9 Å². The third-order valence-corrected chi connectivity index (χ3v) is 6.14. The zero-order valence-corrected chi connectivity index (χ0v) is 15.9. The second-order valence-corrected chi connectivity index (χ2v) is 8.46. The maximum absolute atomic E-state index is 12.0. The van der Waals surface area contributed by atoms with Crippen molar-refractivity contribution in [3.63, 3.8) is 0 Å². The van der Waals surface area contributed by atoms with Crippen LogP contribution < -0.4 is 0 Å². The fraction of sp³-hybridized carbons (Fsp3) is 0.263. The van der Waals surface area contributed by atoms with Crippen LogP contribution in [0.2, 0.25) is 0 Å². The van der Waals surface area contributed by atoms with E-state index in [9.17, 15) is 13.5 Å². The molecule has 0 saturated carbocycles. The summed E-state index contributed by atoms with van der Waals surface area (Å²) >= 11 is 1.65. The molecule has 0 aliphatic rings. The molecule has 0 radical (unpaired) electrons. The fourth-order valence-electron chi connectivity index (χ4n) is 2.46. The van der Waals surface area contributed by atoms with E-state index in [1.165, 1.54) is 12.1 Å². The quantitative estimate of drug-likeness (QED) is 0.468. The molecule has 7 heteroatoms. The van der Waals surface area contributed by atoms with Crippen molar-refractivity contribution in [3.8, 4) is 0 Å². The number of aryl methyl sites for hydroxylation is 1. The number of aliphatic hydroxyl groups excluding tert-OH is 1. The molecule has 0 amide bonds. The van der Waals surface area contributed by atoms with Crippen molar-refractivity contribution in [2.75, 3.05) is 19.8 Å². The van der Waals surface area contributed by atoms with Crippen LogP contribution in [-0.4, -0.2) is 33.3 Å². The highest BCUT2D eigenvalue weighted by Crippen LogP contribution is 2.24. The van der Waals surface area contributed by atoms with Crippen LogP contribution in [0.3, 0.4) is 0 Å². The lowest BCUT2D eigenvalue weighted by molar-refractivity contribution is 0.0248. The monoisotopic (exact) mass is 392 g/mol. The number of aliphatic hydroxyl groups is 1. The number of benzene rings is 2. The van der Waals surface area contributed by atoms with E-state index in [1.54, 1.807) is 23.5 Å². The average Bonchev–Trinajstić information content (AvgIpc) is 3.09. The zero-order chi connectivity index (χ0) is 18.6. The van der Waals surface area contributed by atoms with E-state index >= 15 is 0 Å².